The van der Waals surface area contributed by atoms with Crippen LogP contribution in [0.2, 0.25) is 0 Å². The standard InChI is InChI=1S/C21H20N8O3S/c1-2-31-15-10-8-14(9-11-15)12-23-25-21(30)18-17(13-33-16-6-4-3-5-7-16)29(28-24-18)20-19(22)26-32-27-20/h3-12H,2,13H2,1H3,(H2,22,26)(H,25,30)/b23-12+. The molecule has 2 aromatic carbocycles. The Kier molecular flexibility index (Phi) is 6.95. The molecule has 4 aromatic rings. The van der Waals surface area contributed by atoms with Crippen molar-refractivity contribution in [3.8, 4) is 11.6 Å². The second kappa shape index (κ2) is 10.4. The van der Waals surface area contributed by atoms with Crippen LogP contribution in [0.5, 0.6) is 5.75 Å². The minimum Gasteiger partial charge on any atom is -0.494 e. The number of nitrogens with one attached hydrogen (secondary N) is 1. The number of nitrogen functional groups attached to an aromatic ring is 1. The largest absolute Gasteiger partial charge is 0.494 e. The van der Waals surface area contributed by atoms with Crippen molar-refractivity contribution in [2.45, 2.75) is 17.6 Å². The van der Waals surface area contributed by atoms with E-state index in [4.69, 9.17) is 10.5 Å². The van der Waals surface area contributed by atoms with E-state index in [0.29, 0.717) is 18.1 Å². The molecule has 0 aliphatic heterocycles. The highest BCUT2D eigenvalue weighted by Gasteiger charge is 2.24. The molecule has 4 rings (SSSR count). The number of carbonyl (C=O) groups is 1. The molecule has 0 aliphatic carbocycles. The lowest BCUT2D eigenvalue weighted by molar-refractivity contribution is 0.0949. The third kappa shape index (κ3) is 5.36. The van der Waals surface area contributed by atoms with Gasteiger partial charge in [-0.1, -0.05) is 23.4 Å². The Bertz CT molecular complexity index is 1240. The van der Waals surface area contributed by atoms with Crippen molar-refractivity contribution in [1.29, 1.82) is 0 Å². The van der Waals surface area contributed by atoms with E-state index in [1.165, 1.54) is 22.7 Å². The maximum atomic E-state index is 12.8. The minimum atomic E-state index is -0.526. The van der Waals surface area contributed by atoms with Gasteiger partial charge in [-0.3, -0.25) is 4.79 Å². The number of hydrazone groups is 1. The number of hydrogen-bond donors (Lipinski definition) is 2. The Hall–Kier alpha value is -4.19. The first kappa shape index (κ1) is 22.0. The average Bonchev–Trinajstić information content (AvgIpc) is 3.45. The van der Waals surface area contributed by atoms with E-state index in [1.54, 1.807) is 0 Å². The highest BCUT2D eigenvalue weighted by Crippen LogP contribution is 2.25. The maximum Gasteiger partial charge on any atom is 0.293 e. The van der Waals surface area contributed by atoms with Gasteiger partial charge in [-0.25, -0.2) is 10.1 Å². The van der Waals surface area contributed by atoms with Crippen LogP contribution in [-0.4, -0.2) is 44.0 Å². The number of hydrogen-bond acceptors (Lipinski definition) is 10. The summed E-state index contributed by atoms with van der Waals surface area (Å²) in [5, 5.41) is 19.4. The second-order valence-corrected chi connectivity index (χ2v) is 7.62. The first-order valence-corrected chi connectivity index (χ1v) is 10.9. The first-order chi connectivity index (χ1) is 16.2. The maximum absolute atomic E-state index is 12.8. The zero-order valence-electron chi connectivity index (χ0n) is 17.6. The molecule has 11 nitrogen and oxygen atoms in total. The SMILES string of the molecule is CCOc1ccc(/C=N/NC(=O)c2nnn(-c3nonc3N)c2CSc2ccccc2)cc1. The van der Waals surface area contributed by atoms with Crippen molar-refractivity contribution < 1.29 is 14.2 Å². The summed E-state index contributed by atoms with van der Waals surface area (Å²) in [5.74, 6) is 0.795. The number of ether oxygens (including phenoxy) is 1. The van der Waals surface area contributed by atoms with E-state index < -0.39 is 5.91 Å². The summed E-state index contributed by atoms with van der Waals surface area (Å²) >= 11 is 1.50. The van der Waals surface area contributed by atoms with Crippen molar-refractivity contribution in [2.75, 3.05) is 12.3 Å². The number of rotatable bonds is 9. The van der Waals surface area contributed by atoms with E-state index >= 15 is 0 Å². The van der Waals surface area contributed by atoms with E-state index in [1.807, 2.05) is 61.5 Å². The first-order valence-electron chi connectivity index (χ1n) is 9.92. The lowest BCUT2D eigenvalue weighted by Crippen LogP contribution is -2.20. The fraction of sp³-hybridized carbons (Fsp3) is 0.143. The molecule has 0 fully saturated rings. The van der Waals surface area contributed by atoms with E-state index in [-0.39, 0.29) is 17.3 Å². The molecule has 33 heavy (non-hydrogen) atoms. The van der Waals surface area contributed by atoms with Crippen LogP contribution in [0.4, 0.5) is 5.82 Å². The molecule has 1 amide bonds. The molecule has 168 valence electrons. The van der Waals surface area contributed by atoms with Gasteiger partial charge in [0.05, 0.1) is 18.5 Å². The van der Waals surface area contributed by atoms with Gasteiger partial charge in [0.2, 0.25) is 11.6 Å². The molecule has 0 atom stereocenters. The zero-order valence-corrected chi connectivity index (χ0v) is 18.4. The van der Waals surface area contributed by atoms with Crippen LogP contribution < -0.4 is 15.9 Å². The van der Waals surface area contributed by atoms with E-state index in [2.05, 4.69) is 35.8 Å². The molecule has 2 heterocycles. The van der Waals surface area contributed by atoms with Gasteiger partial charge in [0, 0.05) is 10.6 Å². The second-order valence-electron chi connectivity index (χ2n) is 6.57. The number of nitrogens with two attached hydrogens (primary N) is 1. The summed E-state index contributed by atoms with van der Waals surface area (Å²) in [6.07, 6.45) is 1.52. The van der Waals surface area contributed by atoms with Crippen molar-refractivity contribution in [1.82, 2.24) is 30.7 Å². The predicted molar refractivity (Wildman–Crippen MR) is 122 cm³/mol. The van der Waals surface area contributed by atoms with Crippen molar-refractivity contribution >= 4 is 29.7 Å². The number of aromatic nitrogens is 5. The molecular weight excluding hydrogens is 444 g/mol. The van der Waals surface area contributed by atoms with Gasteiger partial charge < -0.3 is 10.5 Å². The average molecular weight is 465 g/mol. The van der Waals surface area contributed by atoms with Gasteiger partial charge in [0.15, 0.2) is 5.69 Å². The Balaban J connectivity index is 1.52. The van der Waals surface area contributed by atoms with Gasteiger partial charge in [-0.05, 0) is 59.2 Å². The Morgan fingerprint density at radius 2 is 2.00 bits per heavy atom. The number of anilines is 1. The topological polar surface area (TPSA) is 146 Å². The van der Waals surface area contributed by atoms with Crippen molar-refractivity contribution in [3.05, 3.63) is 71.5 Å². The summed E-state index contributed by atoms with van der Waals surface area (Å²) in [7, 11) is 0. The quantitative estimate of drug-likeness (QED) is 0.217. The lowest BCUT2D eigenvalue weighted by atomic mass is 10.2. The molecule has 12 heteroatoms. The molecule has 0 unspecified atom stereocenters. The third-order valence-electron chi connectivity index (χ3n) is 4.36. The van der Waals surface area contributed by atoms with Crippen LogP contribution in [0.25, 0.3) is 5.82 Å². The van der Waals surface area contributed by atoms with Crippen LogP contribution in [-0.2, 0) is 5.75 Å². The van der Waals surface area contributed by atoms with Crippen LogP contribution in [0.3, 0.4) is 0 Å². The smallest absolute Gasteiger partial charge is 0.293 e. The lowest BCUT2D eigenvalue weighted by Gasteiger charge is -2.06. The van der Waals surface area contributed by atoms with Gasteiger partial charge in [0.1, 0.15) is 5.75 Å². The molecule has 0 bridgehead atoms. The molecule has 0 saturated heterocycles. The summed E-state index contributed by atoms with van der Waals surface area (Å²) in [4.78, 5) is 13.8. The number of carbonyl (C=O) groups excluding carboxylic acids is 1. The Morgan fingerprint density at radius 3 is 2.70 bits per heavy atom. The normalized spacial score (nSPS) is 11.1. The van der Waals surface area contributed by atoms with Gasteiger partial charge >= 0.3 is 0 Å². The summed E-state index contributed by atoms with van der Waals surface area (Å²) in [6, 6.07) is 17.0. The number of amides is 1. The molecular formula is C21H20N8O3S. The number of thioether (sulfide) groups is 1. The van der Waals surface area contributed by atoms with Crippen molar-refractivity contribution in [3.63, 3.8) is 0 Å². The van der Waals surface area contributed by atoms with Crippen LogP contribution in [0, 0.1) is 0 Å². The number of benzene rings is 2. The molecule has 0 spiro atoms. The Morgan fingerprint density at radius 1 is 1.21 bits per heavy atom. The minimum absolute atomic E-state index is 0.0336. The predicted octanol–water partition coefficient (Wildman–Crippen LogP) is 2.69. The van der Waals surface area contributed by atoms with Crippen molar-refractivity contribution in [2.24, 2.45) is 5.10 Å². The Labute approximate surface area is 193 Å². The monoisotopic (exact) mass is 464 g/mol. The summed E-state index contributed by atoms with van der Waals surface area (Å²) in [6.45, 7) is 2.51. The van der Waals surface area contributed by atoms with Crippen LogP contribution >= 0.6 is 11.8 Å². The third-order valence-corrected chi connectivity index (χ3v) is 5.39. The molecule has 2 aromatic heterocycles. The highest BCUT2D eigenvalue weighted by molar-refractivity contribution is 7.98. The van der Waals surface area contributed by atoms with Gasteiger partial charge in [-0.15, -0.1) is 16.9 Å². The van der Waals surface area contributed by atoms with E-state index in [0.717, 1.165) is 16.2 Å². The molecule has 3 N–H and O–H groups in total. The summed E-state index contributed by atoms with van der Waals surface area (Å²) in [5.41, 5.74) is 9.65. The fourth-order valence-corrected chi connectivity index (χ4v) is 3.73. The molecule has 0 aliphatic rings. The zero-order chi connectivity index (χ0) is 23.0. The van der Waals surface area contributed by atoms with Gasteiger partial charge in [-0.2, -0.15) is 9.78 Å². The molecule has 0 saturated carbocycles. The van der Waals surface area contributed by atoms with Crippen LogP contribution in [0.15, 0.2) is 69.2 Å². The van der Waals surface area contributed by atoms with Gasteiger partial charge in [0.25, 0.3) is 5.91 Å². The highest BCUT2D eigenvalue weighted by atomic mass is 32.2. The molecule has 0 radical (unpaired) electrons. The number of nitrogens with zero attached hydrogens (tertiary/aromatic N) is 6. The fourth-order valence-electron chi connectivity index (χ4n) is 2.82. The van der Waals surface area contributed by atoms with E-state index in [9.17, 15) is 4.79 Å². The summed E-state index contributed by atoms with van der Waals surface area (Å²) < 4.78 is 11.4. The van der Waals surface area contributed by atoms with Crippen LogP contribution in [0.1, 0.15) is 28.7 Å².